The molecule has 7 heteroatoms. The summed E-state index contributed by atoms with van der Waals surface area (Å²) in [6, 6.07) is 4.13. The fourth-order valence-electron chi connectivity index (χ4n) is 1.88. The predicted octanol–water partition coefficient (Wildman–Crippen LogP) is 2.65. The summed E-state index contributed by atoms with van der Waals surface area (Å²) in [7, 11) is 1.69. The van der Waals surface area contributed by atoms with Gasteiger partial charge in [0.05, 0.1) is 9.40 Å². The smallest absolute Gasteiger partial charge is 0.320 e. The van der Waals surface area contributed by atoms with E-state index in [1.54, 1.807) is 31.0 Å². The zero-order chi connectivity index (χ0) is 14.6. The molecule has 19 heavy (non-hydrogen) atoms. The largest absolute Gasteiger partial charge is 0.480 e. The van der Waals surface area contributed by atoms with E-state index in [0.717, 1.165) is 0 Å². The summed E-state index contributed by atoms with van der Waals surface area (Å²) in [5, 5.41) is 19.9. The van der Waals surface area contributed by atoms with Crippen molar-refractivity contribution in [3.63, 3.8) is 0 Å². The lowest BCUT2D eigenvalue weighted by molar-refractivity contribution is -0.385. The Hall–Kier alpha value is -1.47. The lowest BCUT2D eigenvalue weighted by Gasteiger charge is -2.23. The van der Waals surface area contributed by atoms with Gasteiger partial charge in [-0.25, -0.2) is 0 Å². The van der Waals surface area contributed by atoms with Crippen LogP contribution in [0.25, 0.3) is 0 Å². The molecule has 0 amide bonds. The minimum Gasteiger partial charge on any atom is -0.480 e. The van der Waals surface area contributed by atoms with Gasteiger partial charge < -0.3 is 5.11 Å². The van der Waals surface area contributed by atoms with E-state index in [2.05, 4.69) is 15.9 Å². The van der Waals surface area contributed by atoms with E-state index in [1.165, 1.54) is 6.07 Å². The molecule has 1 N–H and O–H groups in total. The van der Waals surface area contributed by atoms with Crippen LogP contribution < -0.4 is 0 Å². The van der Waals surface area contributed by atoms with Gasteiger partial charge >= 0.3 is 5.97 Å². The quantitative estimate of drug-likeness (QED) is 0.640. The summed E-state index contributed by atoms with van der Waals surface area (Å²) in [6.45, 7) is 2.12. The maximum absolute atomic E-state index is 11.1. The summed E-state index contributed by atoms with van der Waals surface area (Å²) < 4.78 is 0.395. The van der Waals surface area contributed by atoms with E-state index in [0.29, 0.717) is 23.0 Å². The zero-order valence-corrected chi connectivity index (χ0v) is 12.3. The third-order valence-corrected chi connectivity index (χ3v) is 3.79. The number of rotatable bonds is 6. The van der Waals surface area contributed by atoms with Crippen LogP contribution in [0.3, 0.4) is 0 Å². The summed E-state index contributed by atoms with van der Waals surface area (Å²) in [5.74, 6) is -0.897. The molecule has 0 bridgehead atoms. The normalized spacial score (nSPS) is 12.4. The van der Waals surface area contributed by atoms with Crippen LogP contribution in [0.4, 0.5) is 5.69 Å². The van der Waals surface area contributed by atoms with Gasteiger partial charge in [0, 0.05) is 12.6 Å². The van der Waals surface area contributed by atoms with Crippen LogP contribution in [0.1, 0.15) is 18.9 Å². The Kier molecular flexibility index (Phi) is 5.44. The Morgan fingerprint density at radius 1 is 1.58 bits per heavy atom. The fraction of sp³-hybridized carbons (Fsp3) is 0.417. The molecule has 0 aliphatic heterocycles. The number of aliphatic carboxylic acids is 1. The molecule has 0 fully saturated rings. The Bertz CT molecular complexity index is 493. The second-order valence-corrected chi connectivity index (χ2v) is 4.98. The van der Waals surface area contributed by atoms with E-state index in [4.69, 9.17) is 5.11 Å². The Balaban J connectivity index is 2.97. The van der Waals surface area contributed by atoms with Crippen molar-refractivity contribution in [2.45, 2.75) is 25.9 Å². The van der Waals surface area contributed by atoms with Crippen LogP contribution >= 0.6 is 15.9 Å². The number of nitro benzene ring substituents is 1. The molecule has 0 saturated carbocycles. The third kappa shape index (κ3) is 3.74. The maximum atomic E-state index is 11.1. The summed E-state index contributed by atoms with van der Waals surface area (Å²) in [5.41, 5.74) is 0.672. The van der Waals surface area contributed by atoms with Gasteiger partial charge in [-0.3, -0.25) is 19.8 Å². The molecule has 1 unspecified atom stereocenters. The topological polar surface area (TPSA) is 83.7 Å². The van der Waals surface area contributed by atoms with E-state index in [9.17, 15) is 14.9 Å². The van der Waals surface area contributed by atoms with Crippen molar-refractivity contribution in [2.24, 2.45) is 0 Å². The Morgan fingerprint density at radius 2 is 2.21 bits per heavy atom. The van der Waals surface area contributed by atoms with Gasteiger partial charge in [-0.1, -0.05) is 19.1 Å². The van der Waals surface area contributed by atoms with Gasteiger partial charge in [0.2, 0.25) is 0 Å². The number of hydrogen-bond acceptors (Lipinski definition) is 4. The Morgan fingerprint density at radius 3 is 2.68 bits per heavy atom. The van der Waals surface area contributed by atoms with Gasteiger partial charge in [0.15, 0.2) is 0 Å². The first-order valence-corrected chi connectivity index (χ1v) is 6.52. The fourth-order valence-corrected chi connectivity index (χ4v) is 2.42. The van der Waals surface area contributed by atoms with Crippen molar-refractivity contribution < 1.29 is 14.8 Å². The van der Waals surface area contributed by atoms with Crippen LogP contribution in [0, 0.1) is 10.1 Å². The molecule has 0 saturated heterocycles. The highest BCUT2D eigenvalue weighted by Crippen LogP contribution is 2.29. The molecular formula is C12H15BrN2O4. The summed E-state index contributed by atoms with van der Waals surface area (Å²) in [4.78, 5) is 23.1. The highest BCUT2D eigenvalue weighted by atomic mass is 79.9. The van der Waals surface area contributed by atoms with E-state index in [-0.39, 0.29) is 5.69 Å². The number of halogens is 1. The number of nitrogens with zero attached hydrogens (tertiary/aromatic N) is 2. The lowest BCUT2D eigenvalue weighted by Crippen LogP contribution is -2.37. The van der Waals surface area contributed by atoms with Crippen molar-refractivity contribution in [1.82, 2.24) is 4.90 Å². The number of carbonyl (C=O) groups is 1. The van der Waals surface area contributed by atoms with Crippen molar-refractivity contribution in [2.75, 3.05) is 7.05 Å². The van der Waals surface area contributed by atoms with Gasteiger partial charge in [0.1, 0.15) is 6.04 Å². The number of benzene rings is 1. The van der Waals surface area contributed by atoms with Gasteiger partial charge in [0.25, 0.3) is 5.69 Å². The number of carboxylic acid groups (broad SMARTS) is 1. The monoisotopic (exact) mass is 330 g/mol. The predicted molar refractivity (Wildman–Crippen MR) is 74.0 cm³/mol. The maximum Gasteiger partial charge on any atom is 0.320 e. The van der Waals surface area contributed by atoms with Crippen molar-refractivity contribution >= 4 is 27.6 Å². The van der Waals surface area contributed by atoms with Crippen LogP contribution in [0.15, 0.2) is 22.7 Å². The molecule has 104 valence electrons. The SMILES string of the molecule is CCC(C(=O)O)N(C)Cc1cccc([N+](=O)[O-])c1Br. The molecule has 0 aliphatic rings. The summed E-state index contributed by atoms with van der Waals surface area (Å²) >= 11 is 3.20. The van der Waals surface area contributed by atoms with Crippen LogP contribution in [-0.4, -0.2) is 34.0 Å². The molecule has 1 aromatic carbocycles. The number of hydrogen-bond donors (Lipinski definition) is 1. The van der Waals surface area contributed by atoms with Crippen molar-refractivity contribution in [3.05, 3.63) is 38.3 Å². The minimum absolute atomic E-state index is 0.0192. The Labute approximate surface area is 119 Å². The minimum atomic E-state index is -0.897. The highest BCUT2D eigenvalue weighted by molar-refractivity contribution is 9.10. The molecule has 0 aromatic heterocycles. The first-order valence-electron chi connectivity index (χ1n) is 5.73. The lowest BCUT2D eigenvalue weighted by atomic mass is 10.1. The molecule has 1 rings (SSSR count). The molecular weight excluding hydrogens is 316 g/mol. The third-order valence-electron chi connectivity index (χ3n) is 2.88. The average Bonchev–Trinajstić information content (AvgIpc) is 2.31. The molecule has 1 atom stereocenters. The first kappa shape index (κ1) is 15.6. The standard InChI is InChI=1S/C12H15BrN2O4/c1-3-9(12(16)17)14(2)7-8-5-4-6-10(11(8)13)15(18)19/h4-6,9H,3,7H2,1-2H3,(H,16,17). The first-order chi connectivity index (χ1) is 8.88. The molecule has 0 radical (unpaired) electrons. The highest BCUT2D eigenvalue weighted by Gasteiger charge is 2.22. The molecule has 0 spiro atoms. The second-order valence-electron chi connectivity index (χ2n) is 4.18. The van der Waals surface area contributed by atoms with Crippen LogP contribution in [0.2, 0.25) is 0 Å². The molecule has 6 nitrogen and oxygen atoms in total. The number of nitro groups is 1. The van der Waals surface area contributed by atoms with E-state index >= 15 is 0 Å². The van der Waals surface area contributed by atoms with Gasteiger partial charge in [-0.2, -0.15) is 0 Å². The van der Waals surface area contributed by atoms with Crippen molar-refractivity contribution in [1.29, 1.82) is 0 Å². The van der Waals surface area contributed by atoms with Crippen LogP contribution in [-0.2, 0) is 11.3 Å². The zero-order valence-electron chi connectivity index (χ0n) is 10.7. The summed E-state index contributed by atoms with van der Waals surface area (Å²) in [6.07, 6.45) is 0.471. The van der Waals surface area contributed by atoms with Crippen LogP contribution in [0.5, 0.6) is 0 Å². The molecule has 0 heterocycles. The molecule has 1 aromatic rings. The second kappa shape index (κ2) is 6.63. The number of carboxylic acids is 1. The van der Waals surface area contributed by atoms with Crippen molar-refractivity contribution in [3.8, 4) is 0 Å². The van der Waals surface area contributed by atoms with Gasteiger partial charge in [-0.15, -0.1) is 0 Å². The van der Waals surface area contributed by atoms with E-state index in [1.807, 2.05) is 0 Å². The van der Waals surface area contributed by atoms with Gasteiger partial charge in [-0.05, 0) is 35.0 Å². The number of likely N-dealkylation sites (N-methyl/N-ethyl adjacent to an activating group) is 1. The molecule has 0 aliphatic carbocycles. The van der Waals surface area contributed by atoms with E-state index < -0.39 is 16.9 Å². The average molecular weight is 331 g/mol.